The second kappa shape index (κ2) is 7.83. The summed E-state index contributed by atoms with van der Waals surface area (Å²) in [6.07, 6.45) is 3.38. The molecule has 29 heavy (non-hydrogen) atoms. The molecule has 4 rings (SSSR count). The first kappa shape index (κ1) is 20.0. The molecule has 4 aromatic rings. The first-order chi connectivity index (χ1) is 13.9. The number of benzene rings is 2. The van der Waals surface area contributed by atoms with Crippen molar-refractivity contribution >= 4 is 29.4 Å². The summed E-state index contributed by atoms with van der Waals surface area (Å²) >= 11 is 0. The van der Waals surface area contributed by atoms with Gasteiger partial charge in [0.1, 0.15) is 5.66 Å². The number of rotatable bonds is 7. The Hall–Kier alpha value is -2.33. The van der Waals surface area contributed by atoms with Gasteiger partial charge in [0.25, 0.3) is 0 Å². The van der Waals surface area contributed by atoms with E-state index in [1.54, 1.807) is 0 Å². The highest BCUT2D eigenvalue weighted by Gasteiger charge is 2.42. The first-order valence-corrected chi connectivity index (χ1v) is 11.6. The second-order valence-electron chi connectivity index (χ2n) is 7.83. The van der Waals surface area contributed by atoms with Crippen molar-refractivity contribution in [2.45, 2.75) is 45.6 Å². The molecule has 0 atom stereocenters. The van der Waals surface area contributed by atoms with Crippen molar-refractivity contribution in [3.05, 3.63) is 72.1 Å². The highest BCUT2D eigenvalue weighted by atomic mass is 31.2. The zero-order valence-corrected chi connectivity index (χ0v) is 18.1. The van der Waals surface area contributed by atoms with Crippen LogP contribution in [0.4, 0.5) is 0 Å². The molecule has 0 saturated carbocycles. The number of fused-ring (bicyclic) bond motifs is 2. The third-order valence-electron chi connectivity index (χ3n) is 4.86. The van der Waals surface area contributed by atoms with Gasteiger partial charge >= 0.3 is 7.60 Å². The van der Waals surface area contributed by atoms with Crippen LogP contribution in [0.15, 0.2) is 60.9 Å². The minimum absolute atomic E-state index is 0.238. The number of hydrogen-bond acceptors (Lipinski definition) is 3. The lowest BCUT2D eigenvalue weighted by atomic mass is 10.0. The van der Waals surface area contributed by atoms with Crippen molar-refractivity contribution in [2.24, 2.45) is 0 Å². The minimum Gasteiger partial charge on any atom is -0.361 e. The molecule has 0 saturated heterocycles. The van der Waals surface area contributed by atoms with Crippen molar-refractivity contribution in [1.82, 2.24) is 9.97 Å². The van der Waals surface area contributed by atoms with E-state index in [4.69, 9.17) is 9.05 Å². The van der Waals surface area contributed by atoms with Crippen LogP contribution in [-0.2, 0) is 13.6 Å². The predicted octanol–water partition coefficient (Wildman–Crippen LogP) is 6.78. The summed E-state index contributed by atoms with van der Waals surface area (Å²) in [4.78, 5) is 6.63. The third-order valence-corrected chi connectivity index (χ3v) is 7.48. The molecule has 2 aromatic carbocycles. The van der Waals surface area contributed by atoms with Gasteiger partial charge in [0.2, 0.25) is 0 Å². The van der Waals surface area contributed by atoms with E-state index in [1.165, 1.54) is 0 Å². The van der Waals surface area contributed by atoms with E-state index in [0.717, 1.165) is 32.9 Å². The number of hydrogen-bond donors (Lipinski definition) is 2. The summed E-state index contributed by atoms with van der Waals surface area (Å²) < 4.78 is 26.5. The van der Waals surface area contributed by atoms with Crippen molar-refractivity contribution in [1.29, 1.82) is 0 Å². The third kappa shape index (κ3) is 3.78. The van der Waals surface area contributed by atoms with Crippen LogP contribution in [-0.4, -0.2) is 22.2 Å². The van der Waals surface area contributed by atoms with Gasteiger partial charge in [-0.05, 0) is 51.0 Å². The molecule has 2 heterocycles. The van der Waals surface area contributed by atoms with Crippen LogP contribution < -0.4 is 0 Å². The normalized spacial score (nSPS) is 12.8. The summed E-state index contributed by atoms with van der Waals surface area (Å²) in [6.45, 7) is 7.55. The summed E-state index contributed by atoms with van der Waals surface area (Å²) in [6, 6.07) is 16.1. The molecule has 0 fully saturated rings. The Morgan fingerprint density at radius 2 is 1.14 bits per heavy atom. The topological polar surface area (TPSA) is 67.1 Å². The molecule has 152 valence electrons. The number of H-pyrrole nitrogens is 2. The number of aromatic nitrogens is 2. The molecule has 0 unspecified atom stereocenters. The largest absolute Gasteiger partial charge is 0.361 e. The first-order valence-electron chi connectivity index (χ1n) is 9.97. The van der Waals surface area contributed by atoms with Crippen molar-refractivity contribution in [3.8, 4) is 0 Å². The fourth-order valence-electron chi connectivity index (χ4n) is 3.88. The van der Waals surface area contributed by atoms with Gasteiger partial charge in [0, 0.05) is 34.2 Å². The molecule has 0 spiro atoms. The summed E-state index contributed by atoms with van der Waals surface area (Å²) in [5.41, 5.74) is 3.26. The zero-order valence-electron chi connectivity index (χ0n) is 17.2. The van der Waals surface area contributed by atoms with Gasteiger partial charge in [-0.3, -0.25) is 4.57 Å². The van der Waals surface area contributed by atoms with Gasteiger partial charge in [0.15, 0.2) is 0 Å². The summed E-state index contributed by atoms with van der Waals surface area (Å²) in [5.74, 6) is 0. The lowest BCUT2D eigenvalue weighted by molar-refractivity contribution is 0.139. The van der Waals surface area contributed by atoms with Gasteiger partial charge in [-0.15, -0.1) is 0 Å². The van der Waals surface area contributed by atoms with Crippen LogP contribution in [0.1, 0.15) is 44.5 Å². The van der Waals surface area contributed by atoms with E-state index < -0.39 is 13.3 Å². The molecule has 2 N–H and O–H groups in total. The second-order valence-corrected chi connectivity index (χ2v) is 9.85. The van der Waals surface area contributed by atoms with Gasteiger partial charge in [-0.2, -0.15) is 0 Å². The van der Waals surface area contributed by atoms with E-state index >= 15 is 0 Å². The molecule has 6 heteroatoms. The molecule has 0 aliphatic rings. The Bertz CT molecular complexity index is 1090. The Kier molecular flexibility index (Phi) is 5.39. The fraction of sp³-hybridized carbons (Fsp3) is 0.304. The van der Waals surface area contributed by atoms with Gasteiger partial charge in [0.05, 0.1) is 12.2 Å². The average molecular weight is 410 g/mol. The molecular formula is C23H27N2O3P. The quantitative estimate of drug-likeness (QED) is 0.330. The van der Waals surface area contributed by atoms with Crippen LogP contribution in [0.3, 0.4) is 0 Å². The molecule has 0 aliphatic heterocycles. The molecular weight excluding hydrogens is 383 g/mol. The van der Waals surface area contributed by atoms with E-state index in [0.29, 0.717) is 0 Å². The predicted molar refractivity (Wildman–Crippen MR) is 118 cm³/mol. The van der Waals surface area contributed by atoms with E-state index in [9.17, 15) is 4.57 Å². The molecule has 0 bridgehead atoms. The Labute approximate surface area is 171 Å². The zero-order chi connectivity index (χ0) is 20.6. The lowest BCUT2D eigenvalue weighted by Gasteiger charge is -2.30. The maximum atomic E-state index is 14.3. The molecule has 5 nitrogen and oxygen atoms in total. The molecule has 0 radical (unpaired) electrons. The van der Waals surface area contributed by atoms with Gasteiger partial charge < -0.3 is 19.0 Å². The van der Waals surface area contributed by atoms with Crippen LogP contribution in [0.2, 0.25) is 0 Å². The Morgan fingerprint density at radius 3 is 1.55 bits per heavy atom. The Morgan fingerprint density at radius 1 is 0.724 bits per heavy atom. The standard InChI is InChI=1S/C23H27N2O3P/c1-15(2)27-29(26,28-16(3)4)23(19-13-24-21-11-7-5-9-17(19)21)20-14-25-22-12-8-6-10-18(20)22/h5-16,23-25H,1-4H3. The van der Waals surface area contributed by atoms with Crippen LogP contribution in [0.5, 0.6) is 0 Å². The van der Waals surface area contributed by atoms with E-state index in [2.05, 4.69) is 9.97 Å². The van der Waals surface area contributed by atoms with Crippen molar-refractivity contribution in [3.63, 3.8) is 0 Å². The minimum atomic E-state index is -3.57. The van der Waals surface area contributed by atoms with Gasteiger partial charge in [-0.1, -0.05) is 36.4 Å². The van der Waals surface area contributed by atoms with Crippen LogP contribution >= 0.6 is 7.60 Å². The van der Waals surface area contributed by atoms with Crippen molar-refractivity contribution in [2.75, 3.05) is 0 Å². The molecule has 0 aliphatic carbocycles. The van der Waals surface area contributed by atoms with E-state index in [1.807, 2.05) is 88.6 Å². The van der Waals surface area contributed by atoms with Crippen LogP contribution in [0, 0.1) is 0 Å². The number of nitrogens with one attached hydrogen (secondary N) is 2. The monoisotopic (exact) mass is 410 g/mol. The smallest absolute Gasteiger partial charge is 0.343 e. The maximum Gasteiger partial charge on any atom is 0.343 e. The highest BCUT2D eigenvalue weighted by molar-refractivity contribution is 7.54. The number of aromatic amines is 2. The van der Waals surface area contributed by atoms with Crippen LogP contribution in [0.25, 0.3) is 21.8 Å². The average Bonchev–Trinajstić information content (AvgIpc) is 3.26. The molecule has 2 aromatic heterocycles. The van der Waals surface area contributed by atoms with Crippen molar-refractivity contribution < 1.29 is 13.6 Å². The maximum absolute atomic E-state index is 14.3. The van der Waals surface area contributed by atoms with E-state index in [-0.39, 0.29) is 12.2 Å². The number of para-hydroxylation sites is 2. The SMILES string of the molecule is CC(C)OP(=O)(OC(C)C)C(c1c[nH]c2ccccc12)c1c[nH]c2ccccc12. The lowest BCUT2D eigenvalue weighted by Crippen LogP contribution is -2.14. The Balaban J connectivity index is 1.99. The fourth-order valence-corrected chi connectivity index (χ4v) is 6.46. The molecule has 0 amide bonds. The van der Waals surface area contributed by atoms with Gasteiger partial charge in [-0.25, -0.2) is 0 Å². The summed E-state index contributed by atoms with van der Waals surface area (Å²) in [5, 5.41) is 2.03. The highest BCUT2D eigenvalue weighted by Crippen LogP contribution is 2.66. The summed E-state index contributed by atoms with van der Waals surface area (Å²) in [7, 11) is -3.57.